The summed E-state index contributed by atoms with van der Waals surface area (Å²) >= 11 is 0. The summed E-state index contributed by atoms with van der Waals surface area (Å²) in [4.78, 5) is 18.0. The Hall–Kier alpha value is -1.05. The van der Waals surface area contributed by atoms with Gasteiger partial charge in [-0.05, 0) is 55.4 Å². The van der Waals surface area contributed by atoms with Crippen molar-refractivity contribution in [2.24, 2.45) is 0 Å². The second kappa shape index (κ2) is 5.94. The van der Waals surface area contributed by atoms with Gasteiger partial charge in [0, 0.05) is 11.1 Å². The van der Waals surface area contributed by atoms with Gasteiger partial charge >= 0.3 is 0 Å². The maximum atomic E-state index is 12.4. The number of carbonyl (C=O) groups is 1. The molecule has 0 aliphatic heterocycles. The summed E-state index contributed by atoms with van der Waals surface area (Å²) in [5.74, 6) is 2.34. The van der Waals surface area contributed by atoms with Crippen LogP contribution in [0.4, 0.5) is 0 Å². The van der Waals surface area contributed by atoms with Gasteiger partial charge in [0.25, 0.3) is 0 Å². The molecular formula is C15H28N2O2. The van der Waals surface area contributed by atoms with Gasteiger partial charge in [-0.15, -0.1) is 6.42 Å². The fourth-order valence-corrected chi connectivity index (χ4v) is 1.88. The number of hydroxylamine groups is 2. The minimum Gasteiger partial charge on any atom is -0.350 e. The smallest absolute Gasteiger partial charge is 0.242 e. The van der Waals surface area contributed by atoms with Gasteiger partial charge < -0.3 is 5.32 Å². The zero-order chi connectivity index (χ0) is 15.5. The Balaban J connectivity index is 5.19. The molecule has 0 bridgehead atoms. The molecule has 0 atom stereocenters. The van der Waals surface area contributed by atoms with Gasteiger partial charge in [0.1, 0.15) is 12.1 Å². The van der Waals surface area contributed by atoms with Crippen molar-refractivity contribution in [3.63, 3.8) is 0 Å². The highest BCUT2D eigenvalue weighted by Gasteiger charge is 2.42. The van der Waals surface area contributed by atoms with Crippen molar-refractivity contribution in [1.82, 2.24) is 10.4 Å². The molecule has 0 radical (unpaired) electrons. The van der Waals surface area contributed by atoms with Crippen molar-refractivity contribution in [2.75, 3.05) is 6.61 Å². The van der Waals surface area contributed by atoms with Crippen LogP contribution in [0, 0.1) is 12.3 Å². The van der Waals surface area contributed by atoms with Gasteiger partial charge in [-0.1, -0.05) is 5.92 Å². The summed E-state index contributed by atoms with van der Waals surface area (Å²) in [6, 6.07) is 0. The summed E-state index contributed by atoms with van der Waals surface area (Å²) in [7, 11) is 0. The van der Waals surface area contributed by atoms with E-state index >= 15 is 0 Å². The van der Waals surface area contributed by atoms with Gasteiger partial charge in [-0.25, -0.2) is 0 Å². The number of rotatable bonds is 4. The summed E-state index contributed by atoms with van der Waals surface area (Å²) in [5, 5.41) is 4.64. The third kappa shape index (κ3) is 5.63. The molecule has 0 fully saturated rings. The molecule has 4 heteroatoms. The number of terminal acetylenes is 1. The van der Waals surface area contributed by atoms with Gasteiger partial charge in [0.2, 0.25) is 5.91 Å². The fraction of sp³-hybridized carbons (Fsp3) is 0.800. The SMILES string of the molecule is C#CCON(C(C)(C)C)C(C)(C)C(=O)NC(C)(C)C. The van der Waals surface area contributed by atoms with Crippen molar-refractivity contribution in [3.05, 3.63) is 0 Å². The van der Waals surface area contributed by atoms with Crippen LogP contribution in [-0.4, -0.2) is 34.2 Å². The third-order valence-corrected chi connectivity index (χ3v) is 2.44. The first-order chi connectivity index (χ1) is 8.32. The third-order valence-electron chi connectivity index (χ3n) is 2.44. The maximum absolute atomic E-state index is 12.4. The molecule has 110 valence electrons. The Morgan fingerprint density at radius 1 is 1.16 bits per heavy atom. The predicted molar refractivity (Wildman–Crippen MR) is 78.4 cm³/mol. The van der Waals surface area contributed by atoms with Crippen molar-refractivity contribution in [2.45, 2.75) is 72.0 Å². The molecule has 0 unspecified atom stereocenters. The number of amides is 1. The maximum Gasteiger partial charge on any atom is 0.242 e. The highest BCUT2D eigenvalue weighted by atomic mass is 16.7. The van der Waals surface area contributed by atoms with Crippen LogP contribution in [0.5, 0.6) is 0 Å². The van der Waals surface area contributed by atoms with Crippen molar-refractivity contribution in [3.8, 4) is 12.3 Å². The van der Waals surface area contributed by atoms with Crippen LogP contribution < -0.4 is 5.32 Å². The normalized spacial score (nSPS) is 13.3. The molecule has 1 amide bonds. The topological polar surface area (TPSA) is 41.6 Å². The van der Waals surface area contributed by atoms with Crippen molar-refractivity contribution in [1.29, 1.82) is 0 Å². The molecule has 0 aliphatic carbocycles. The number of nitrogens with one attached hydrogen (secondary N) is 1. The molecule has 0 aliphatic rings. The molecule has 1 N–H and O–H groups in total. The molecule has 19 heavy (non-hydrogen) atoms. The highest BCUT2D eigenvalue weighted by Crippen LogP contribution is 2.26. The quantitative estimate of drug-likeness (QED) is 0.628. The van der Waals surface area contributed by atoms with E-state index in [9.17, 15) is 4.79 Å². The lowest BCUT2D eigenvalue weighted by Crippen LogP contribution is -2.63. The van der Waals surface area contributed by atoms with Gasteiger partial charge in [0.05, 0.1) is 0 Å². The average Bonchev–Trinajstić information content (AvgIpc) is 2.12. The van der Waals surface area contributed by atoms with E-state index in [2.05, 4.69) is 11.2 Å². The largest absolute Gasteiger partial charge is 0.350 e. The molecule has 0 aromatic heterocycles. The van der Waals surface area contributed by atoms with Gasteiger partial charge in [0.15, 0.2) is 0 Å². The van der Waals surface area contributed by atoms with Crippen LogP contribution in [0.3, 0.4) is 0 Å². The summed E-state index contributed by atoms with van der Waals surface area (Å²) in [6.07, 6.45) is 5.24. The fourth-order valence-electron chi connectivity index (χ4n) is 1.88. The summed E-state index contributed by atoms with van der Waals surface area (Å²) in [6.45, 7) is 15.6. The van der Waals surface area contributed by atoms with E-state index in [0.29, 0.717) is 0 Å². The average molecular weight is 268 g/mol. The number of carbonyl (C=O) groups excluding carboxylic acids is 1. The molecule has 0 saturated carbocycles. The van der Waals surface area contributed by atoms with Crippen LogP contribution in [-0.2, 0) is 9.63 Å². The first kappa shape index (κ1) is 17.9. The number of hydrogen-bond acceptors (Lipinski definition) is 3. The standard InChI is InChI=1S/C15H28N2O2/c1-10-11-19-17(14(5,6)7)15(8,9)12(18)16-13(2,3)4/h1H,11H2,2-9H3,(H,16,18). The van der Waals surface area contributed by atoms with E-state index < -0.39 is 5.54 Å². The van der Waals surface area contributed by atoms with Crippen LogP contribution >= 0.6 is 0 Å². The van der Waals surface area contributed by atoms with Crippen LogP contribution in [0.2, 0.25) is 0 Å². The predicted octanol–water partition coefficient (Wildman–Crippen LogP) is 2.34. The van der Waals surface area contributed by atoms with E-state index in [1.165, 1.54) is 0 Å². The lowest BCUT2D eigenvalue weighted by atomic mass is 9.95. The summed E-state index contributed by atoms with van der Waals surface area (Å²) < 4.78 is 0. The van der Waals surface area contributed by atoms with E-state index in [4.69, 9.17) is 11.3 Å². The van der Waals surface area contributed by atoms with Crippen LogP contribution in [0.1, 0.15) is 55.4 Å². The van der Waals surface area contributed by atoms with E-state index in [1.807, 2.05) is 55.4 Å². The van der Waals surface area contributed by atoms with E-state index in [1.54, 1.807) is 5.06 Å². The number of nitrogens with zero attached hydrogens (tertiary/aromatic N) is 1. The van der Waals surface area contributed by atoms with Crippen LogP contribution in [0.15, 0.2) is 0 Å². The van der Waals surface area contributed by atoms with Crippen LogP contribution in [0.25, 0.3) is 0 Å². The molecular weight excluding hydrogens is 240 g/mol. The monoisotopic (exact) mass is 268 g/mol. The van der Waals surface area contributed by atoms with Gasteiger partial charge in [-0.2, -0.15) is 5.06 Å². The molecule has 0 aromatic rings. The zero-order valence-corrected chi connectivity index (χ0v) is 13.5. The molecule has 0 aromatic carbocycles. The molecule has 0 spiro atoms. The Morgan fingerprint density at radius 2 is 1.63 bits per heavy atom. The minimum atomic E-state index is -0.817. The van der Waals surface area contributed by atoms with Crippen molar-refractivity contribution < 1.29 is 9.63 Å². The van der Waals surface area contributed by atoms with Gasteiger partial charge in [-0.3, -0.25) is 9.63 Å². The first-order valence-electron chi connectivity index (χ1n) is 6.51. The highest BCUT2D eigenvalue weighted by molar-refractivity contribution is 5.85. The first-order valence-corrected chi connectivity index (χ1v) is 6.51. The second-order valence-corrected chi connectivity index (χ2v) is 7.21. The Kier molecular flexibility index (Phi) is 5.61. The zero-order valence-electron chi connectivity index (χ0n) is 13.5. The molecule has 0 rings (SSSR count). The molecule has 4 nitrogen and oxygen atoms in total. The minimum absolute atomic E-state index is 0.0908. The lowest BCUT2D eigenvalue weighted by molar-refractivity contribution is -0.248. The Labute approximate surface area is 117 Å². The molecule has 0 saturated heterocycles. The number of hydrogen-bond donors (Lipinski definition) is 1. The lowest BCUT2D eigenvalue weighted by Gasteiger charge is -2.44. The summed E-state index contributed by atoms with van der Waals surface area (Å²) in [5.41, 5.74) is -1.44. The molecule has 0 heterocycles. The Bertz CT molecular complexity index is 354. The van der Waals surface area contributed by atoms with E-state index in [-0.39, 0.29) is 23.6 Å². The van der Waals surface area contributed by atoms with Crippen molar-refractivity contribution >= 4 is 5.91 Å². The van der Waals surface area contributed by atoms with E-state index in [0.717, 1.165) is 0 Å². The second-order valence-electron chi connectivity index (χ2n) is 7.21. The Morgan fingerprint density at radius 3 is 1.95 bits per heavy atom.